The summed E-state index contributed by atoms with van der Waals surface area (Å²) in [6.45, 7) is 41.4. The summed E-state index contributed by atoms with van der Waals surface area (Å²) in [6, 6.07) is 69.1. The summed E-state index contributed by atoms with van der Waals surface area (Å²) in [5.74, 6) is 1.16. The van der Waals surface area contributed by atoms with E-state index in [1.165, 1.54) is 111 Å². The van der Waals surface area contributed by atoms with Gasteiger partial charge in [0.2, 0.25) is 0 Å². The van der Waals surface area contributed by atoms with Crippen LogP contribution in [0.3, 0.4) is 0 Å². The van der Waals surface area contributed by atoms with E-state index in [4.69, 9.17) is 4.98 Å². The smallest absolute Gasteiger partial charge is 0.252 e. The zero-order valence-corrected chi connectivity index (χ0v) is 60.5. The van der Waals surface area contributed by atoms with Crippen molar-refractivity contribution in [3.63, 3.8) is 0 Å². The molecule has 473 valence electrons. The fraction of sp³-hybridized carbons (Fsp3) is 0.286. The predicted molar refractivity (Wildman–Crippen MR) is 390 cm³/mol. The second-order valence-corrected chi connectivity index (χ2v) is 31.5. The minimum atomic E-state index is -0.275. The van der Waals surface area contributed by atoms with Crippen molar-refractivity contribution in [3.8, 4) is 39.5 Å². The first-order valence-electron chi connectivity index (χ1n) is 32.8. The molecule has 9 heteroatoms. The number of aromatic nitrogens is 3. The topological polar surface area (TPSA) is 37.2 Å². The largest absolute Gasteiger partial charge is 0.332 e. The van der Waals surface area contributed by atoms with Crippen LogP contribution in [-0.2, 0) is 41.8 Å². The third-order valence-electron chi connectivity index (χ3n) is 19.1. The van der Waals surface area contributed by atoms with Gasteiger partial charge in [-0.2, -0.15) is 0 Å². The number of halogens is 1. The van der Waals surface area contributed by atoms with Gasteiger partial charge in [-0.15, -0.1) is 65.7 Å². The maximum Gasteiger partial charge on any atom is 0.252 e. The van der Waals surface area contributed by atoms with E-state index in [0.717, 1.165) is 56.1 Å². The molecule has 0 saturated carbocycles. The Morgan fingerprint density at radius 3 is 1.72 bits per heavy atom. The fourth-order valence-electron chi connectivity index (χ4n) is 13.6. The normalized spacial score (nSPS) is 13.3. The summed E-state index contributed by atoms with van der Waals surface area (Å²) in [5.41, 5.74) is 29.7. The molecule has 9 aromatic carbocycles. The third-order valence-corrected chi connectivity index (χ3v) is 20.1. The van der Waals surface area contributed by atoms with Gasteiger partial charge in [-0.1, -0.05) is 201 Å². The Hall–Kier alpha value is -7.81. The van der Waals surface area contributed by atoms with Crippen LogP contribution in [0.1, 0.15) is 167 Å². The van der Waals surface area contributed by atoms with Crippen LogP contribution >= 0.6 is 11.8 Å². The molecule has 93 heavy (non-hydrogen) atoms. The van der Waals surface area contributed by atoms with Gasteiger partial charge in [-0.3, -0.25) is 9.37 Å². The Balaban J connectivity index is 0.000000456. The zero-order chi connectivity index (χ0) is 65.2. The number of rotatable bonds is 7. The number of imidazole rings is 1. The molecule has 2 aromatic heterocycles. The number of para-hydroxylation sites is 2. The van der Waals surface area contributed by atoms with Crippen molar-refractivity contribution >= 4 is 80.0 Å². The van der Waals surface area contributed by atoms with E-state index >= 15 is 0 Å². The van der Waals surface area contributed by atoms with Crippen molar-refractivity contribution in [1.29, 1.82) is 0 Å². The van der Waals surface area contributed by atoms with Gasteiger partial charge in [0.1, 0.15) is 0 Å². The first kappa shape index (κ1) is 65.3. The van der Waals surface area contributed by atoms with Crippen molar-refractivity contribution in [3.05, 3.63) is 239 Å². The van der Waals surface area contributed by atoms with E-state index in [1.807, 2.05) is 43.9 Å². The second kappa shape index (κ2) is 24.2. The van der Waals surface area contributed by atoms with Crippen LogP contribution in [0.5, 0.6) is 0 Å². The quantitative estimate of drug-likeness (QED) is 0.117. The molecule has 0 N–H and O–H groups in total. The number of anilines is 6. The van der Waals surface area contributed by atoms with Crippen LogP contribution in [0.25, 0.3) is 50.5 Å². The second-order valence-electron chi connectivity index (χ2n) is 30.4. The Morgan fingerprint density at radius 2 is 1.12 bits per heavy atom. The van der Waals surface area contributed by atoms with E-state index in [-0.39, 0.29) is 66.1 Å². The standard InChI is InChI=1S/C71H74BN4S.C13H11FN.Ir/c1-42(2)51-24-20-25-52(43(3)4)64(51)76-65-53(26-21-27-56(65)73-67(76)44-22-18-17-19-23-44)45-36-59-63-60(37-45)75-58-35-31-48(70(11,12)13)40-61(58)77-62-41-49(71(14,15)16)39-55(66(62)75)72(63)54-38-47(69(8,9)10)30-34-57(54)74(59)50-32-28-46(29-33-50)68(5,6)7;1-9-7-13(15-8-10(9)2)11-3-5-12(14)6-4-11;/h17-22,24-43H,1-16H3;3,5-8H,1-2H3;/q2*-1;. The Labute approximate surface area is 570 Å². The SMILES string of the molecule is CC(C)c1cccc(C(C)C)c1-n1c(-c2[c-]cccc2)nc2cccc(-c3cc4c5c(c3)N3c6ccc(C(C)(C)C)cc6Sc6cc(C(C)(C)C)cc(c63)B5c3cc(C(C)(C)C)ccc3N4c3ccc(C(C)(C)C)cc3)c21.Cc1cnc(-c2[c-]cc(F)cc2)cc1C.[Ir]. The van der Waals surface area contributed by atoms with Gasteiger partial charge in [0.15, 0.2) is 0 Å². The van der Waals surface area contributed by atoms with E-state index in [1.54, 1.807) is 6.07 Å². The third kappa shape index (κ3) is 11.8. The minimum Gasteiger partial charge on any atom is -0.332 e. The van der Waals surface area contributed by atoms with Crippen LogP contribution < -0.4 is 26.2 Å². The molecule has 1 radical (unpaired) electrons. The van der Waals surface area contributed by atoms with Crippen molar-refractivity contribution in [2.24, 2.45) is 0 Å². The molecule has 0 bridgehead atoms. The molecule has 5 heterocycles. The number of hydrogen-bond donors (Lipinski definition) is 0. The average molecular weight is 1420 g/mol. The average Bonchev–Trinajstić information content (AvgIpc) is 1.17. The van der Waals surface area contributed by atoms with Crippen LogP contribution in [0, 0.1) is 31.8 Å². The molecule has 0 spiro atoms. The molecule has 3 aliphatic heterocycles. The Bertz CT molecular complexity index is 4660. The molecule has 0 atom stereocenters. The molecule has 3 aliphatic rings. The van der Waals surface area contributed by atoms with Gasteiger partial charge in [0.05, 0.1) is 28.2 Å². The van der Waals surface area contributed by atoms with E-state index in [2.05, 4.69) is 282 Å². The number of benzene rings is 9. The van der Waals surface area contributed by atoms with E-state index in [9.17, 15) is 4.39 Å². The van der Waals surface area contributed by atoms with E-state index in [0.29, 0.717) is 0 Å². The van der Waals surface area contributed by atoms with Gasteiger partial charge < -0.3 is 19.4 Å². The van der Waals surface area contributed by atoms with Crippen molar-refractivity contribution < 1.29 is 24.5 Å². The van der Waals surface area contributed by atoms with Crippen molar-refractivity contribution in [1.82, 2.24) is 14.5 Å². The monoisotopic (exact) mass is 1420 g/mol. The fourth-order valence-corrected chi connectivity index (χ4v) is 14.8. The maximum atomic E-state index is 12.7. The summed E-state index contributed by atoms with van der Waals surface area (Å²) < 4.78 is 15.2. The van der Waals surface area contributed by atoms with Crippen molar-refractivity contribution in [2.75, 3.05) is 9.80 Å². The summed E-state index contributed by atoms with van der Waals surface area (Å²) in [6.07, 6.45) is 1.82. The van der Waals surface area contributed by atoms with Crippen molar-refractivity contribution in [2.45, 2.75) is 168 Å². The maximum absolute atomic E-state index is 12.7. The van der Waals surface area contributed by atoms with Gasteiger partial charge in [-0.05, 0) is 169 Å². The number of pyridine rings is 1. The Kier molecular flexibility index (Phi) is 17.0. The summed E-state index contributed by atoms with van der Waals surface area (Å²) in [7, 11) is 0. The first-order chi connectivity index (χ1) is 43.5. The summed E-state index contributed by atoms with van der Waals surface area (Å²) >= 11 is 1.95. The number of nitrogens with zero attached hydrogens (tertiary/aromatic N) is 5. The number of aryl methyl sites for hydroxylation is 2. The van der Waals surface area contributed by atoms with Crippen LogP contribution in [-0.4, -0.2) is 21.2 Å². The van der Waals surface area contributed by atoms with Gasteiger partial charge in [0, 0.05) is 75.9 Å². The van der Waals surface area contributed by atoms with Gasteiger partial charge in [-0.25, -0.2) is 0 Å². The predicted octanol–water partition coefficient (Wildman–Crippen LogP) is 21.4. The molecule has 0 amide bonds. The molecular formula is C84H85BFIrN5S-2. The minimum absolute atomic E-state index is 0. The number of hydrogen-bond acceptors (Lipinski definition) is 5. The van der Waals surface area contributed by atoms with Crippen LogP contribution in [0.4, 0.5) is 38.5 Å². The molecule has 14 rings (SSSR count). The summed E-state index contributed by atoms with van der Waals surface area (Å²) in [4.78, 5) is 17.8. The van der Waals surface area contributed by atoms with Crippen LogP contribution in [0.2, 0.25) is 0 Å². The van der Waals surface area contributed by atoms with Gasteiger partial charge >= 0.3 is 0 Å². The van der Waals surface area contributed by atoms with Crippen LogP contribution in [0.15, 0.2) is 186 Å². The number of fused-ring (bicyclic) bond motifs is 7. The van der Waals surface area contributed by atoms with Gasteiger partial charge in [0.25, 0.3) is 6.71 Å². The first-order valence-corrected chi connectivity index (χ1v) is 33.6. The molecule has 0 fully saturated rings. The Morgan fingerprint density at radius 1 is 0.516 bits per heavy atom. The molecule has 0 saturated heterocycles. The zero-order valence-electron chi connectivity index (χ0n) is 57.3. The molecule has 0 aliphatic carbocycles. The van der Waals surface area contributed by atoms with E-state index < -0.39 is 0 Å². The molecule has 0 unspecified atom stereocenters. The summed E-state index contributed by atoms with van der Waals surface area (Å²) in [5, 5.41) is 0. The molecule has 5 nitrogen and oxygen atoms in total. The molecule has 11 aromatic rings. The molecular weight excluding hydrogens is 1330 g/mol.